The van der Waals surface area contributed by atoms with E-state index < -0.39 is 0 Å². The van der Waals surface area contributed by atoms with Crippen molar-refractivity contribution >= 4 is 27.0 Å². The third-order valence-electron chi connectivity index (χ3n) is 3.10. The first-order valence-corrected chi connectivity index (χ1v) is 6.69. The predicted molar refractivity (Wildman–Crippen MR) is 70.1 cm³/mol. The Bertz CT molecular complexity index is 538. The Hall–Kier alpha value is -1.16. The molecule has 0 aliphatic heterocycles. The van der Waals surface area contributed by atoms with Crippen molar-refractivity contribution in [1.82, 2.24) is 9.97 Å². The second-order valence-corrected chi connectivity index (χ2v) is 5.27. The number of hydrogen-bond donors (Lipinski definition) is 0. The van der Waals surface area contributed by atoms with Gasteiger partial charge in [-0.05, 0) is 47.7 Å². The summed E-state index contributed by atoms with van der Waals surface area (Å²) in [6.45, 7) is 0. The molecule has 0 bridgehead atoms. The monoisotopic (exact) mass is 292 g/mol. The van der Waals surface area contributed by atoms with Gasteiger partial charge in [-0.3, -0.25) is 4.98 Å². The summed E-state index contributed by atoms with van der Waals surface area (Å²) in [6.07, 6.45) is 8.76. The third kappa shape index (κ3) is 2.27. The Labute approximate surface area is 108 Å². The lowest BCUT2D eigenvalue weighted by atomic mass is 10.3. The molecule has 0 N–H and O–H groups in total. The van der Waals surface area contributed by atoms with Gasteiger partial charge >= 0.3 is 0 Å². The number of aromatic nitrogens is 2. The number of nitrogens with zero attached hydrogens (tertiary/aromatic N) is 2. The van der Waals surface area contributed by atoms with Gasteiger partial charge in [0.2, 0.25) is 0 Å². The van der Waals surface area contributed by atoms with Crippen LogP contribution in [0.25, 0.3) is 11.0 Å². The Balaban J connectivity index is 1.97. The van der Waals surface area contributed by atoms with Crippen molar-refractivity contribution in [2.45, 2.75) is 31.8 Å². The molecule has 1 fully saturated rings. The van der Waals surface area contributed by atoms with Crippen molar-refractivity contribution < 1.29 is 4.74 Å². The van der Waals surface area contributed by atoms with Crippen LogP contribution in [0.15, 0.2) is 29.0 Å². The first kappa shape index (κ1) is 11.0. The van der Waals surface area contributed by atoms with Crippen LogP contribution in [-0.4, -0.2) is 16.1 Å². The molecular formula is C13H13BrN2O. The Kier molecular flexibility index (Phi) is 2.97. The fraction of sp³-hybridized carbons (Fsp3) is 0.385. The molecule has 17 heavy (non-hydrogen) atoms. The van der Waals surface area contributed by atoms with Crippen molar-refractivity contribution in [3.8, 4) is 5.75 Å². The summed E-state index contributed by atoms with van der Waals surface area (Å²) in [4.78, 5) is 8.69. The normalized spacial score (nSPS) is 16.5. The van der Waals surface area contributed by atoms with Gasteiger partial charge in [0.25, 0.3) is 0 Å². The highest BCUT2D eigenvalue weighted by atomic mass is 79.9. The van der Waals surface area contributed by atoms with E-state index in [0.717, 1.165) is 34.1 Å². The Morgan fingerprint density at radius 1 is 1.24 bits per heavy atom. The van der Waals surface area contributed by atoms with Crippen LogP contribution in [0.4, 0.5) is 0 Å². The maximum atomic E-state index is 6.01. The second-order valence-electron chi connectivity index (χ2n) is 4.35. The van der Waals surface area contributed by atoms with Crippen molar-refractivity contribution in [1.29, 1.82) is 0 Å². The highest BCUT2D eigenvalue weighted by Crippen LogP contribution is 2.28. The Morgan fingerprint density at radius 3 is 2.88 bits per heavy atom. The van der Waals surface area contributed by atoms with Gasteiger partial charge < -0.3 is 4.74 Å². The van der Waals surface area contributed by atoms with Crippen molar-refractivity contribution in [3.05, 3.63) is 29.0 Å². The average molecular weight is 293 g/mol. The summed E-state index contributed by atoms with van der Waals surface area (Å²) in [6, 6.07) is 3.87. The van der Waals surface area contributed by atoms with E-state index >= 15 is 0 Å². The maximum absolute atomic E-state index is 6.01. The van der Waals surface area contributed by atoms with E-state index in [-0.39, 0.29) is 0 Å². The molecule has 0 unspecified atom stereocenters. The van der Waals surface area contributed by atoms with Gasteiger partial charge in [-0.1, -0.05) is 0 Å². The average Bonchev–Trinajstić information content (AvgIpc) is 2.82. The van der Waals surface area contributed by atoms with Crippen LogP contribution in [0, 0.1) is 0 Å². The summed E-state index contributed by atoms with van der Waals surface area (Å²) in [5.74, 6) is 0.856. The molecule has 0 aromatic carbocycles. The van der Waals surface area contributed by atoms with Crippen LogP contribution in [0.1, 0.15) is 25.7 Å². The van der Waals surface area contributed by atoms with Gasteiger partial charge in [0.15, 0.2) is 0 Å². The number of fused-ring (bicyclic) bond motifs is 1. The molecule has 0 atom stereocenters. The molecule has 0 radical (unpaired) electrons. The zero-order valence-electron chi connectivity index (χ0n) is 9.40. The maximum Gasteiger partial charge on any atom is 0.149 e. The highest BCUT2D eigenvalue weighted by Gasteiger charge is 2.17. The second kappa shape index (κ2) is 4.61. The lowest BCUT2D eigenvalue weighted by molar-refractivity contribution is 0.212. The minimum Gasteiger partial charge on any atom is -0.488 e. The van der Waals surface area contributed by atoms with Crippen LogP contribution < -0.4 is 4.74 Å². The van der Waals surface area contributed by atoms with Gasteiger partial charge in [0.1, 0.15) is 11.3 Å². The fourth-order valence-electron chi connectivity index (χ4n) is 2.26. The van der Waals surface area contributed by atoms with Gasteiger partial charge in [0, 0.05) is 22.9 Å². The number of rotatable bonds is 2. The largest absolute Gasteiger partial charge is 0.488 e. The molecule has 1 aliphatic carbocycles. The standard InChI is InChI=1S/C13H13BrN2O/c14-9-7-11-13(16-8-9)12(5-6-15-11)17-10-3-1-2-4-10/h5-8,10H,1-4H2. The van der Waals surface area contributed by atoms with E-state index in [0.29, 0.717) is 6.10 Å². The molecule has 0 amide bonds. The van der Waals surface area contributed by atoms with E-state index in [4.69, 9.17) is 4.74 Å². The van der Waals surface area contributed by atoms with Gasteiger partial charge in [-0.15, -0.1) is 0 Å². The molecule has 1 saturated carbocycles. The van der Waals surface area contributed by atoms with Crippen molar-refractivity contribution in [3.63, 3.8) is 0 Å². The lowest BCUT2D eigenvalue weighted by Gasteiger charge is -2.13. The number of ether oxygens (including phenoxy) is 1. The van der Waals surface area contributed by atoms with E-state index in [2.05, 4.69) is 25.9 Å². The highest BCUT2D eigenvalue weighted by molar-refractivity contribution is 9.10. The summed E-state index contributed by atoms with van der Waals surface area (Å²) in [5, 5.41) is 0. The van der Waals surface area contributed by atoms with E-state index in [1.807, 2.05) is 12.1 Å². The summed E-state index contributed by atoms with van der Waals surface area (Å²) >= 11 is 3.40. The zero-order chi connectivity index (χ0) is 11.7. The van der Waals surface area contributed by atoms with Crippen LogP contribution in [-0.2, 0) is 0 Å². The van der Waals surface area contributed by atoms with Crippen LogP contribution in [0.3, 0.4) is 0 Å². The van der Waals surface area contributed by atoms with Gasteiger partial charge in [0.05, 0.1) is 11.6 Å². The van der Waals surface area contributed by atoms with E-state index in [1.165, 1.54) is 12.8 Å². The van der Waals surface area contributed by atoms with E-state index in [9.17, 15) is 0 Å². The molecular weight excluding hydrogens is 280 g/mol. The molecule has 2 heterocycles. The molecule has 3 rings (SSSR count). The van der Waals surface area contributed by atoms with Gasteiger partial charge in [-0.2, -0.15) is 0 Å². The van der Waals surface area contributed by atoms with Crippen molar-refractivity contribution in [2.75, 3.05) is 0 Å². The molecule has 4 heteroatoms. The summed E-state index contributed by atoms with van der Waals surface area (Å²) in [7, 11) is 0. The molecule has 3 nitrogen and oxygen atoms in total. The minimum atomic E-state index is 0.353. The smallest absolute Gasteiger partial charge is 0.149 e. The molecule has 88 valence electrons. The van der Waals surface area contributed by atoms with Crippen LogP contribution >= 0.6 is 15.9 Å². The molecule has 0 spiro atoms. The fourth-order valence-corrected chi connectivity index (χ4v) is 2.58. The SMILES string of the molecule is Brc1cnc2c(OC3CCCC3)ccnc2c1. The van der Waals surface area contributed by atoms with Crippen LogP contribution in [0.5, 0.6) is 5.75 Å². The summed E-state index contributed by atoms with van der Waals surface area (Å²) in [5.41, 5.74) is 1.72. The first-order valence-electron chi connectivity index (χ1n) is 5.90. The number of hydrogen-bond acceptors (Lipinski definition) is 3. The molecule has 2 aromatic rings. The van der Waals surface area contributed by atoms with E-state index in [1.54, 1.807) is 12.4 Å². The first-order chi connectivity index (χ1) is 8.33. The number of halogens is 1. The summed E-state index contributed by atoms with van der Waals surface area (Å²) < 4.78 is 6.95. The van der Waals surface area contributed by atoms with Crippen LogP contribution in [0.2, 0.25) is 0 Å². The number of pyridine rings is 2. The predicted octanol–water partition coefficient (Wildman–Crippen LogP) is 3.71. The third-order valence-corrected chi connectivity index (χ3v) is 3.54. The Morgan fingerprint density at radius 2 is 2.06 bits per heavy atom. The van der Waals surface area contributed by atoms with Crippen molar-refractivity contribution in [2.24, 2.45) is 0 Å². The molecule has 0 saturated heterocycles. The lowest BCUT2D eigenvalue weighted by Crippen LogP contribution is -2.11. The topological polar surface area (TPSA) is 35.0 Å². The minimum absolute atomic E-state index is 0.353. The quantitative estimate of drug-likeness (QED) is 0.846. The van der Waals surface area contributed by atoms with Gasteiger partial charge in [-0.25, -0.2) is 4.98 Å². The molecule has 2 aromatic heterocycles. The molecule has 1 aliphatic rings. The zero-order valence-corrected chi connectivity index (χ0v) is 11.0.